The Morgan fingerprint density at radius 3 is 2.46 bits per heavy atom. The van der Waals surface area contributed by atoms with Crippen LogP contribution in [0.15, 0.2) is 24.3 Å². The third-order valence-electron chi connectivity index (χ3n) is 4.61. The zero-order valence-corrected chi connectivity index (χ0v) is 15.1. The van der Waals surface area contributed by atoms with E-state index in [0.29, 0.717) is 18.1 Å². The predicted octanol–water partition coefficient (Wildman–Crippen LogP) is 2.26. The van der Waals surface area contributed by atoms with Gasteiger partial charge in [0.25, 0.3) is 0 Å². The fraction of sp³-hybridized carbons (Fsp3) is 0.412. The van der Waals surface area contributed by atoms with E-state index in [1.54, 1.807) is 0 Å². The first kappa shape index (κ1) is 17.2. The average Bonchev–Trinajstić information content (AvgIpc) is 2.90. The molecule has 2 heterocycles. The molecular weight excluding hydrogens is 346 g/mol. The molecular formula is C17H20ClN3O2S. The highest BCUT2D eigenvalue weighted by Crippen LogP contribution is 2.29. The number of nitrogens with one attached hydrogen (secondary N) is 1. The minimum Gasteiger partial charge on any atom is -0.366 e. The van der Waals surface area contributed by atoms with E-state index in [1.807, 2.05) is 6.92 Å². The third kappa shape index (κ3) is 3.26. The lowest BCUT2D eigenvalue weighted by molar-refractivity contribution is 0.590. The quantitative estimate of drug-likeness (QED) is 0.883. The zero-order valence-electron chi connectivity index (χ0n) is 13.4. The second-order valence-corrected chi connectivity index (χ2v) is 8.59. The van der Waals surface area contributed by atoms with Crippen LogP contribution >= 0.6 is 12.4 Å². The summed E-state index contributed by atoms with van der Waals surface area (Å²) >= 11 is 0. The van der Waals surface area contributed by atoms with Crippen molar-refractivity contribution in [2.45, 2.75) is 38.0 Å². The molecule has 0 radical (unpaired) electrons. The van der Waals surface area contributed by atoms with Gasteiger partial charge in [-0.05, 0) is 30.9 Å². The molecule has 2 aromatic rings. The first-order chi connectivity index (χ1) is 11.0. The number of benzene rings is 1. The van der Waals surface area contributed by atoms with Gasteiger partial charge in [-0.2, -0.15) is 0 Å². The number of halogens is 1. The average molecular weight is 366 g/mol. The predicted molar refractivity (Wildman–Crippen MR) is 96.5 cm³/mol. The van der Waals surface area contributed by atoms with Crippen LogP contribution in [-0.4, -0.2) is 30.2 Å². The van der Waals surface area contributed by atoms with E-state index in [4.69, 9.17) is 0 Å². The van der Waals surface area contributed by atoms with E-state index in [9.17, 15) is 8.42 Å². The highest BCUT2D eigenvalue weighted by molar-refractivity contribution is 7.90. The van der Waals surface area contributed by atoms with E-state index in [1.165, 1.54) is 11.1 Å². The fourth-order valence-electron chi connectivity index (χ4n) is 3.53. The van der Waals surface area contributed by atoms with Crippen molar-refractivity contribution in [3.05, 3.63) is 52.5 Å². The van der Waals surface area contributed by atoms with Crippen LogP contribution in [0.4, 0.5) is 5.82 Å². The molecule has 0 bridgehead atoms. The lowest BCUT2D eigenvalue weighted by atomic mass is 10.1. The van der Waals surface area contributed by atoms with Crippen LogP contribution in [0.2, 0.25) is 0 Å². The minimum absolute atomic E-state index is 0. The van der Waals surface area contributed by atoms with Crippen LogP contribution in [0.1, 0.15) is 28.2 Å². The minimum atomic E-state index is -3.04. The summed E-state index contributed by atoms with van der Waals surface area (Å²) in [5, 5.41) is 3.48. The molecule has 0 saturated heterocycles. The summed E-state index contributed by atoms with van der Waals surface area (Å²) in [5.74, 6) is 1.63. The van der Waals surface area contributed by atoms with Gasteiger partial charge in [0.2, 0.25) is 0 Å². The summed E-state index contributed by atoms with van der Waals surface area (Å²) in [4.78, 5) is 8.93. The summed E-state index contributed by atoms with van der Waals surface area (Å²) < 4.78 is 24.0. The van der Waals surface area contributed by atoms with Crippen LogP contribution in [0, 0.1) is 6.92 Å². The molecule has 0 spiro atoms. The van der Waals surface area contributed by atoms with Crippen molar-refractivity contribution < 1.29 is 8.42 Å². The molecule has 1 aromatic carbocycles. The molecule has 0 amide bonds. The summed E-state index contributed by atoms with van der Waals surface area (Å²) in [6, 6.07) is 8.69. The highest BCUT2D eigenvalue weighted by Gasteiger charge is 2.28. The number of anilines is 1. The molecule has 0 unspecified atom stereocenters. The topological polar surface area (TPSA) is 72.0 Å². The van der Waals surface area contributed by atoms with Crippen LogP contribution < -0.4 is 5.32 Å². The first-order valence-corrected chi connectivity index (χ1v) is 9.72. The van der Waals surface area contributed by atoms with E-state index in [0.717, 1.165) is 24.1 Å². The van der Waals surface area contributed by atoms with Crippen molar-refractivity contribution in [1.82, 2.24) is 9.97 Å². The molecule has 5 nitrogen and oxygen atoms in total. The molecule has 24 heavy (non-hydrogen) atoms. The van der Waals surface area contributed by atoms with Gasteiger partial charge in [-0.15, -0.1) is 12.4 Å². The van der Waals surface area contributed by atoms with Gasteiger partial charge >= 0.3 is 0 Å². The molecule has 4 rings (SSSR count). The van der Waals surface area contributed by atoms with Gasteiger partial charge in [-0.3, -0.25) is 0 Å². The Labute approximate surface area is 148 Å². The summed E-state index contributed by atoms with van der Waals surface area (Å²) in [5.41, 5.74) is 4.36. The number of nitrogens with zero attached hydrogens (tertiary/aromatic N) is 2. The molecule has 1 N–H and O–H groups in total. The standard InChI is InChI=1S/C17H19N3O2S.ClH/c1-11-18-16-6-7-23(21,22)10-15(16)17(19-11)20-14-8-12-4-2-3-5-13(12)9-14;/h2-5,14H,6-10H2,1H3,(H,18,19,20);1H. The van der Waals surface area contributed by atoms with E-state index in [2.05, 4.69) is 39.6 Å². The largest absolute Gasteiger partial charge is 0.366 e. The number of hydrogen-bond acceptors (Lipinski definition) is 5. The number of fused-ring (bicyclic) bond motifs is 2. The molecule has 0 saturated carbocycles. The fourth-order valence-corrected chi connectivity index (χ4v) is 4.92. The zero-order chi connectivity index (χ0) is 16.0. The van der Waals surface area contributed by atoms with E-state index < -0.39 is 9.84 Å². The van der Waals surface area contributed by atoms with Crippen LogP contribution in [-0.2, 0) is 34.9 Å². The summed E-state index contributed by atoms with van der Waals surface area (Å²) in [7, 11) is -3.04. The Kier molecular flexibility index (Phi) is 4.53. The van der Waals surface area contributed by atoms with Crippen molar-refractivity contribution in [3.63, 3.8) is 0 Å². The smallest absolute Gasteiger partial charge is 0.155 e. The molecule has 128 valence electrons. The molecule has 2 aliphatic rings. The molecule has 7 heteroatoms. The molecule has 1 aliphatic heterocycles. The molecule has 1 aliphatic carbocycles. The SMILES string of the molecule is Cc1nc2c(c(NC3Cc4ccccc4C3)n1)CS(=O)(=O)CC2.Cl. The Bertz CT molecular complexity index is 858. The second-order valence-electron chi connectivity index (χ2n) is 6.40. The van der Waals surface area contributed by atoms with Gasteiger partial charge in [0, 0.05) is 18.0 Å². The summed E-state index contributed by atoms with van der Waals surface area (Å²) in [6.07, 6.45) is 2.38. The third-order valence-corrected chi connectivity index (χ3v) is 6.17. The van der Waals surface area contributed by atoms with Crippen molar-refractivity contribution in [3.8, 4) is 0 Å². The Hall–Kier alpha value is -1.66. The Morgan fingerprint density at radius 2 is 1.79 bits per heavy atom. The van der Waals surface area contributed by atoms with Crippen LogP contribution in [0.3, 0.4) is 0 Å². The lowest BCUT2D eigenvalue weighted by Gasteiger charge is -2.22. The number of hydrogen-bond donors (Lipinski definition) is 1. The lowest BCUT2D eigenvalue weighted by Crippen LogP contribution is -2.26. The first-order valence-electron chi connectivity index (χ1n) is 7.90. The van der Waals surface area contributed by atoms with Crippen molar-refractivity contribution in [1.29, 1.82) is 0 Å². The molecule has 0 fully saturated rings. The van der Waals surface area contributed by atoms with Gasteiger partial charge in [0.15, 0.2) is 9.84 Å². The van der Waals surface area contributed by atoms with Gasteiger partial charge in [0.1, 0.15) is 11.6 Å². The van der Waals surface area contributed by atoms with Crippen LogP contribution in [0.25, 0.3) is 0 Å². The van der Waals surface area contributed by atoms with E-state index >= 15 is 0 Å². The van der Waals surface area contributed by atoms with Gasteiger partial charge < -0.3 is 5.32 Å². The molecule has 0 atom stereocenters. The van der Waals surface area contributed by atoms with Crippen molar-refractivity contribution >= 4 is 28.1 Å². The van der Waals surface area contributed by atoms with Crippen molar-refractivity contribution in [2.75, 3.05) is 11.1 Å². The van der Waals surface area contributed by atoms with Gasteiger partial charge in [-0.1, -0.05) is 24.3 Å². The number of aryl methyl sites for hydroxylation is 2. The maximum atomic E-state index is 12.0. The summed E-state index contributed by atoms with van der Waals surface area (Å²) in [6.45, 7) is 1.86. The van der Waals surface area contributed by atoms with E-state index in [-0.39, 0.29) is 30.0 Å². The normalized spacial score (nSPS) is 18.4. The number of sulfone groups is 1. The van der Waals surface area contributed by atoms with Gasteiger partial charge in [0.05, 0.1) is 17.2 Å². The maximum absolute atomic E-state index is 12.0. The van der Waals surface area contributed by atoms with Crippen molar-refractivity contribution in [2.24, 2.45) is 0 Å². The highest BCUT2D eigenvalue weighted by atomic mass is 35.5. The second kappa shape index (κ2) is 6.33. The maximum Gasteiger partial charge on any atom is 0.155 e. The number of aromatic nitrogens is 2. The number of rotatable bonds is 2. The van der Waals surface area contributed by atoms with Gasteiger partial charge in [-0.25, -0.2) is 18.4 Å². The van der Waals surface area contributed by atoms with Crippen LogP contribution in [0.5, 0.6) is 0 Å². The molecule has 1 aromatic heterocycles. The monoisotopic (exact) mass is 365 g/mol. The Balaban J connectivity index is 0.00000169. The Morgan fingerprint density at radius 1 is 1.12 bits per heavy atom.